The van der Waals surface area contributed by atoms with Crippen LogP contribution in [0.5, 0.6) is 0 Å². The van der Waals surface area contributed by atoms with E-state index in [9.17, 15) is 4.79 Å². The van der Waals surface area contributed by atoms with E-state index in [0.29, 0.717) is 24.3 Å². The van der Waals surface area contributed by atoms with Crippen molar-refractivity contribution >= 4 is 55.6 Å². The summed E-state index contributed by atoms with van der Waals surface area (Å²) < 4.78 is 0. The van der Waals surface area contributed by atoms with Crippen molar-refractivity contribution in [2.24, 2.45) is 0 Å². The Balaban J connectivity index is 1.73. The van der Waals surface area contributed by atoms with Crippen molar-refractivity contribution in [3.63, 3.8) is 0 Å². The molecule has 3 heterocycles. The summed E-state index contributed by atoms with van der Waals surface area (Å²) in [6.45, 7) is 5.22. The number of anilines is 1. The van der Waals surface area contributed by atoms with E-state index in [2.05, 4.69) is 15.3 Å². The summed E-state index contributed by atoms with van der Waals surface area (Å²) in [5, 5.41) is 4.78. The fraction of sp³-hybridized carbons (Fsp3) is 0.174. The Morgan fingerprint density at radius 1 is 0.833 bits per heavy atom. The van der Waals surface area contributed by atoms with Gasteiger partial charge in [-0.25, -0.2) is 14.8 Å². The van der Waals surface area contributed by atoms with E-state index in [1.54, 1.807) is 17.3 Å². The van der Waals surface area contributed by atoms with Crippen LogP contribution in [0.2, 0.25) is 0 Å². The van der Waals surface area contributed by atoms with Crippen LogP contribution in [-0.4, -0.2) is 44.0 Å². The topological polar surface area (TPSA) is 83.9 Å². The van der Waals surface area contributed by atoms with Crippen molar-refractivity contribution < 1.29 is 4.79 Å². The number of hydrogen-bond donors (Lipinski definition) is 1. The first-order valence-electron chi connectivity index (χ1n) is 9.98. The zero-order valence-electron chi connectivity index (χ0n) is 16.8. The molecule has 0 saturated carbocycles. The fourth-order valence-corrected chi connectivity index (χ4v) is 3.79. The van der Waals surface area contributed by atoms with Crippen molar-refractivity contribution in [1.29, 1.82) is 0 Å². The highest BCUT2D eigenvalue weighted by Crippen LogP contribution is 2.32. The molecule has 7 nitrogen and oxygen atoms in total. The maximum absolute atomic E-state index is 12.4. The number of urea groups is 1. The Bertz CT molecular complexity index is 1430. The lowest BCUT2D eigenvalue weighted by Crippen LogP contribution is -2.34. The van der Waals surface area contributed by atoms with E-state index in [4.69, 9.17) is 9.97 Å². The normalized spacial score (nSPS) is 11.4. The molecule has 2 aromatic carbocycles. The van der Waals surface area contributed by atoms with Crippen LogP contribution in [0.15, 0.2) is 54.9 Å². The summed E-state index contributed by atoms with van der Waals surface area (Å²) in [6, 6.07) is 13.3. The minimum atomic E-state index is -0.125. The van der Waals surface area contributed by atoms with Gasteiger partial charge in [0.15, 0.2) is 0 Å². The zero-order chi connectivity index (χ0) is 20.7. The molecule has 0 spiro atoms. The van der Waals surface area contributed by atoms with E-state index < -0.39 is 0 Å². The average molecular weight is 396 g/mol. The van der Waals surface area contributed by atoms with Gasteiger partial charge in [0.05, 0.1) is 33.1 Å². The highest BCUT2D eigenvalue weighted by atomic mass is 16.2. The van der Waals surface area contributed by atoms with Gasteiger partial charge >= 0.3 is 6.03 Å². The van der Waals surface area contributed by atoms with Gasteiger partial charge in [-0.15, -0.1) is 0 Å². The van der Waals surface area contributed by atoms with E-state index in [1.807, 2.05) is 56.3 Å². The number of hydrogen-bond acceptors (Lipinski definition) is 5. The van der Waals surface area contributed by atoms with Gasteiger partial charge < -0.3 is 10.2 Å². The SMILES string of the molecule is CCN(CC)C(=O)Nc1ccc2nc3c4cccnc4c4ncccc4c3nc2c1. The van der Waals surface area contributed by atoms with Crippen molar-refractivity contribution in [2.75, 3.05) is 18.4 Å². The Labute approximate surface area is 172 Å². The Morgan fingerprint density at radius 2 is 1.43 bits per heavy atom. The molecule has 0 radical (unpaired) electrons. The molecule has 0 aliphatic carbocycles. The van der Waals surface area contributed by atoms with Gasteiger partial charge in [-0.3, -0.25) is 9.97 Å². The molecule has 0 saturated heterocycles. The molecular weight excluding hydrogens is 376 g/mol. The van der Waals surface area contributed by atoms with Gasteiger partial charge in [0.2, 0.25) is 0 Å². The van der Waals surface area contributed by atoms with Crippen LogP contribution in [0, 0.1) is 0 Å². The Morgan fingerprint density at radius 3 is 2.03 bits per heavy atom. The molecule has 5 aromatic rings. The Kier molecular flexibility index (Phi) is 4.35. The standard InChI is InChI=1S/C23H20N6O/c1-3-29(4-2)23(30)26-14-9-10-17-18(13-14)28-22-16-8-6-12-25-20(16)19-15(21(22)27-17)7-5-11-24-19/h5-13H,3-4H2,1-2H3,(H,26,30). The summed E-state index contributed by atoms with van der Waals surface area (Å²) >= 11 is 0. The van der Waals surface area contributed by atoms with Crippen LogP contribution >= 0.6 is 0 Å². The minimum Gasteiger partial charge on any atom is -0.325 e. The van der Waals surface area contributed by atoms with Crippen LogP contribution in [0.1, 0.15) is 13.8 Å². The highest BCUT2D eigenvalue weighted by Gasteiger charge is 2.14. The molecule has 148 valence electrons. The number of nitrogens with one attached hydrogen (secondary N) is 1. The number of amides is 2. The molecule has 0 fully saturated rings. The zero-order valence-corrected chi connectivity index (χ0v) is 16.8. The monoisotopic (exact) mass is 396 g/mol. The molecule has 30 heavy (non-hydrogen) atoms. The third kappa shape index (κ3) is 2.86. The lowest BCUT2D eigenvalue weighted by atomic mass is 10.1. The highest BCUT2D eigenvalue weighted by molar-refractivity contribution is 6.21. The van der Waals surface area contributed by atoms with E-state index in [0.717, 1.165) is 38.4 Å². The van der Waals surface area contributed by atoms with Gasteiger partial charge in [-0.2, -0.15) is 0 Å². The number of fused-ring (bicyclic) bond motifs is 7. The third-order valence-corrected chi connectivity index (χ3v) is 5.32. The second-order valence-electron chi connectivity index (χ2n) is 7.03. The van der Waals surface area contributed by atoms with Gasteiger partial charge in [0.1, 0.15) is 0 Å². The average Bonchev–Trinajstić information content (AvgIpc) is 2.79. The minimum absolute atomic E-state index is 0.125. The quantitative estimate of drug-likeness (QED) is 0.351. The number of carbonyl (C=O) groups is 1. The molecule has 0 bridgehead atoms. The summed E-state index contributed by atoms with van der Waals surface area (Å²) in [5.41, 5.74) is 5.37. The number of aromatic nitrogens is 4. The molecular formula is C23H20N6O. The number of carbonyl (C=O) groups excluding carboxylic acids is 1. The van der Waals surface area contributed by atoms with E-state index in [-0.39, 0.29) is 6.03 Å². The van der Waals surface area contributed by atoms with Crippen LogP contribution in [0.3, 0.4) is 0 Å². The van der Waals surface area contributed by atoms with Crippen molar-refractivity contribution in [1.82, 2.24) is 24.8 Å². The molecule has 3 aromatic heterocycles. The van der Waals surface area contributed by atoms with Gasteiger partial charge in [-0.1, -0.05) is 0 Å². The van der Waals surface area contributed by atoms with E-state index in [1.165, 1.54) is 0 Å². The molecule has 0 aliphatic rings. The van der Waals surface area contributed by atoms with Crippen molar-refractivity contribution in [3.05, 3.63) is 54.9 Å². The summed E-state index contributed by atoms with van der Waals surface area (Å²) in [4.78, 5) is 33.0. The van der Waals surface area contributed by atoms with Crippen LogP contribution in [-0.2, 0) is 0 Å². The van der Waals surface area contributed by atoms with Crippen molar-refractivity contribution in [3.8, 4) is 0 Å². The summed E-state index contributed by atoms with van der Waals surface area (Å²) in [6.07, 6.45) is 3.53. The largest absolute Gasteiger partial charge is 0.325 e. The lowest BCUT2D eigenvalue weighted by Gasteiger charge is -2.19. The number of nitrogens with zero attached hydrogens (tertiary/aromatic N) is 5. The molecule has 0 aliphatic heterocycles. The first-order chi connectivity index (χ1) is 14.7. The Hall–Kier alpha value is -3.87. The van der Waals surface area contributed by atoms with Gasteiger partial charge in [0.25, 0.3) is 0 Å². The maximum Gasteiger partial charge on any atom is 0.321 e. The summed E-state index contributed by atoms with van der Waals surface area (Å²) in [7, 11) is 0. The molecule has 7 heteroatoms. The van der Waals surface area contributed by atoms with Gasteiger partial charge in [-0.05, 0) is 56.3 Å². The molecule has 0 unspecified atom stereocenters. The number of rotatable bonds is 3. The molecule has 1 N–H and O–H groups in total. The lowest BCUT2D eigenvalue weighted by molar-refractivity contribution is 0.217. The second kappa shape index (κ2) is 7.18. The predicted molar refractivity (Wildman–Crippen MR) is 120 cm³/mol. The maximum atomic E-state index is 12.4. The predicted octanol–water partition coefficient (Wildman–Crippen LogP) is 4.75. The molecule has 0 atom stereocenters. The summed E-state index contributed by atoms with van der Waals surface area (Å²) in [5.74, 6) is 0. The number of benzene rings is 2. The second-order valence-corrected chi connectivity index (χ2v) is 7.03. The van der Waals surface area contributed by atoms with Crippen LogP contribution in [0.4, 0.5) is 10.5 Å². The smallest absolute Gasteiger partial charge is 0.321 e. The molecule has 5 rings (SSSR count). The number of pyridine rings is 2. The van der Waals surface area contributed by atoms with E-state index >= 15 is 0 Å². The van der Waals surface area contributed by atoms with Crippen LogP contribution < -0.4 is 5.32 Å². The van der Waals surface area contributed by atoms with Crippen molar-refractivity contribution in [2.45, 2.75) is 13.8 Å². The van der Waals surface area contributed by atoms with Crippen LogP contribution in [0.25, 0.3) is 43.9 Å². The fourth-order valence-electron chi connectivity index (χ4n) is 3.79. The first kappa shape index (κ1) is 18.2. The van der Waals surface area contributed by atoms with Gasteiger partial charge in [0, 0.05) is 41.9 Å². The molecule has 2 amide bonds. The third-order valence-electron chi connectivity index (χ3n) is 5.32. The first-order valence-corrected chi connectivity index (χ1v) is 9.98.